The van der Waals surface area contributed by atoms with Crippen LogP contribution in [0.1, 0.15) is 26.3 Å². The summed E-state index contributed by atoms with van der Waals surface area (Å²) in [6, 6.07) is 0. The van der Waals surface area contributed by atoms with E-state index in [0.29, 0.717) is 45.2 Å². The molecule has 0 saturated carbocycles. The Morgan fingerprint density at radius 1 is 1.15 bits per heavy atom. The minimum absolute atomic E-state index is 0.296. The number of hydrogen-bond donors (Lipinski definition) is 1. The molecule has 0 bridgehead atoms. The molecule has 7 nitrogen and oxygen atoms in total. The highest BCUT2D eigenvalue weighted by molar-refractivity contribution is 5.67. The maximum Gasteiger partial charge on any atom is 0.419 e. The van der Waals surface area contributed by atoms with Crippen molar-refractivity contribution in [3.8, 4) is 0 Å². The summed E-state index contributed by atoms with van der Waals surface area (Å²) in [6.45, 7) is 9.17. The second-order valence-electron chi connectivity index (χ2n) is 7.03. The molecule has 1 aromatic rings. The normalized spacial score (nSPS) is 16.5. The highest BCUT2D eigenvalue weighted by Gasteiger charge is 2.31. The zero-order valence-corrected chi connectivity index (χ0v) is 15.1. The maximum absolute atomic E-state index is 12.5. The van der Waals surface area contributed by atoms with E-state index in [1.807, 2.05) is 4.90 Å². The van der Waals surface area contributed by atoms with E-state index < -0.39 is 23.4 Å². The Balaban J connectivity index is 1.73. The number of carbonyl (C=O) groups is 1. The molecule has 1 amide bonds. The third-order valence-corrected chi connectivity index (χ3v) is 3.72. The molecule has 2 rings (SSSR count). The van der Waals surface area contributed by atoms with Crippen LogP contribution in [-0.4, -0.2) is 65.8 Å². The quantitative estimate of drug-likeness (QED) is 0.870. The molecule has 10 heteroatoms. The van der Waals surface area contributed by atoms with Gasteiger partial charge < -0.3 is 15.0 Å². The van der Waals surface area contributed by atoms with E-state index in [-0.39, 0.29) is 0 Å². The number of alkyl halides is 3. The van der Waals surface area contributed by atoms with Crippen LogP contribution >= 0.6 is 0 Å². The van der Waals surface area contributed by atoms with Crippen LogP contribution in [0.15, 0.2) is 12.4 Å². The van der Waals surface area contributed by atoms with Crippen LogP contribution in [0.5, 0.6) is 0 Å². The first-order valence-corrected chi connectivity index (χ1v) is 8.38. The van der Waals surface area contributed by atoms with Crippen LogP contribution in [0.2, 0.25) is 0 Å². The van der Waals surface area contributed by atoms with Gasteiger partial charge in [-0.25, -0.2) is 14.8 Å². The molecular formula is C16H24F3N5O2. The van der Waals surface area contributed by atoms with Crippen LogP contribution in [0.3, 0.4) is 0 Å². The van der Waals surface area contributed by atoms with Gasteiger partial charge in [0, 0.05) is 51.7 Å². The molecule has 0 unspecified atom stereocenters. The van der Waals surface area contributed by atoms with Crippen molar-refractivity contribution in [2.24, 2.45) is 0 Å². The minimum atomic E-state index is -4.43. The van der Waals surface area contributed by atoms with Crippen molar-refractivity contribution in [3.05, 3.63) is 18.0 Å². The highest BCUT2D eigenvalue weighted by atomic mass is 19.4. The van der Waals surface area contributed by atoms with Crippen molar-refractivity contribution in [2.75, 3.05) is 44.2 Å². The third kappa shape index (κ3) is 6.32. The van der Waals surface area contributed by atoms with Crippen LogP contribution in [0, 0.1) is 0 Å². The number of nitrogens with one attached hydrogen (secondary N) is 1. The van der Waals surface area contributed by atoms with Crippen LogP contribution in [-0.2, 0) is 10.9 Å². The van der Waals surface area contributed by atoms with E-state index in [1.54, 1.807) is 20.8 Å². The van der Waals surface area contributed by atoms with Crippen molar-refractivity contribution in [3.63, 3.8) is 0 Å². The van der Waals surface area contributed by atoms with E-state index in [1.165, 1.54) is 0 Å². The number of carbonyl (C=O) groups excluding carboxylic acids is 1. The van der Waals surface area contributed by atoms with Gasteiger partial charge in [-0.15, -0.1) is 0 Å². The minimum Gasteiger partial charge on any atom is -0.444 e. The smallest absolute Gasteiger partial charge is 0.419 e. The summed E-state index contributed by atoms with van der Waals surface area (Å²) in [5.41, 5.74) is -1.38. The number of hydrogen-bond acceptors (Lipinski definition) is 6. The lowest BCUT2D eigenvalue weighted by Crippen LogP contribution is -2.49. The third-order valence-electron chi connectivity index (χ3n) is 3.72. The molecular weight excluding hydrogens is 351 g/mol. The Morgan fingerprint density at radius 2 is 1.73 bits per heavy atom. The number of aromatic nitrogens is 2. The monoisotopic (exact) mass is 375 g/mol. The number of halogens is 3. The first-order chi connectivity index (χ1) is 12.0. The Labute approximate surface area is 150 Å². The highest BCUT2D eigenvalue weighted by Crippen LogP contribution is 2.28. The number of piperazine rings is 1. The standard InChI is InChI=1S/C16H24F3N5O2/c1-15(2,3)26-14(25)20-4-5-23-6-8-24(9-7-23)13-21-10-12(11-22-13)16(17,18)19/h10-11H,4-9H2,1-3H3,(H,20,25). The molecule has 1 fully saturated rings. The van der Waals surface area contributed by atoms with Crippen molar-refractivity contribution in [2.45, 2.75) is 32.5 Å². The Morgan fingerprint density at radius 3 is 2.23 bits per heavy atom. The number of rotatable bonds is 4. The molecule has 26 heavy (non-hydrogen) atoms. The van der Waals surface area contributed by atoms with Crippen molar-refractivity contribution >= 4 is 12.0 Å². The molecule has 1 aliphatic rings. The largest absolute Gasteiger partial charge is 0.444 e. The Hall–Kier alpha value is -2.10. The predicted molar refractivity (Wildman–Crippen MR) is 89.9 cm³/mol. The summed E-state index contributed by atoms with van der Waals surface area (Å²) in [5.74, 6) is 0.296. The topological polar surface area (TPSA) is 70.6 Å². The zero-order chi connectivity index (χ0) is 19.4. The fourth-order valence-electron chi connectivity index (χ4n) is 2.43. The number of alkyl carbamates (subject to hydrolysis) is 1. The molecule has 1 N–H and O–H groups in total. The molecule has 1 aromatic heterocycles. The van der Waals surface area contributed by atoms with Gasteiger partial charge in [-0.1, -0.05) is 0 Å². The van der Waals surface area contributed by atoms with Crippen LogP contribution in [0.4, 0.5) is 23.9 Å². The van der Waals surface area contributed by atoms with E-state index in [0.717, 1.165) is 12.4 Å². The fraction of sp³-hybridized carbons (Fsp3) is 0.688. The Kier molecular flexibility index (Phi) is 6.27. The van der Waals surface area contributed by atoms with Gasteiger partial charge in [-0.2, -0.15) is 13.2 Å². The van der Waals surface area contributed by atoms with Crippen molar-refractivity contribution in [1.82, 2.24) is 20.2 Å². The second kappa shape index (κ2) is 8.07. The summed E-state index contributed by atoms with van der Waals surface area (Å²) < 4.78 is 42.8. The molecule has 1 saturated heterocycles. The number of ether oxygens (including phenoxy) is 1. The zero-order valence-electron chi connectivity index (χ0n) is 15.1. The van der Waals surface area contributed by atoms with Crippen molar-refractivity contribution < 1.29 is 22.7 Å². The summed E-state index contributed by atoms with van der Waals surface area (Å²) in [6.07, 6.45) is -3.27. The van der Waals surface area contributed by atoms with Gasteiger partial charge in [0.15, 0.2) is 0 Å². The molecule has 0 atom stereocenters. The summed E-state index contributed by atoms with van der Waals surface area (Å²) in [5, 5.41) is 2.70. The first-order valence-electron chi connectivity index (χ1n) is 8.38. The average molecular weight is 375 g/mol. The van der Waals surface area contributed by atoms with Crippen molar-refractivity contribution in [1.29, 1.82) is 0 Å². The maximum atomic E-state index is 12.5. The lowest BCUT2D eigenvalue weighted by molar-refractivity contribution is -0.138. The van der Waals surface area contributed by atoms with Gasteiger partial charge in [0.05, 0.1) is 5.56 Å². The van der Waals surface area contributed by atoms with Gasteiger partial charge in [0.1, 0.15) is 5.60 Å². The summed E-state index contributed by atoms with van der Waals surface area (Å²) >= 11 is 0. The average Bonchev–Trinajstić information content (AvgIpc) is 2.53. The predicted octanol–water partition coefficient (Wildman–Crippen LogP) is 2.14. The van der Waals surface area contributed by atoms with Crippen LogP contribution in [0.25, 0.3) is 0 Å². The SMILES string of the molecule is CC(C)(C)OC(=O)NCCN1CCN(c2ncc(C(F)(F)F)cn2)CC1. The molecule has 0 aromatic carbocycles. The van der Waals surface area contributed by atoms with Gasteiger partial charge in [0.25, 0.3) is 0 Å². The lowest BCUT2D eigenvalue weighted by Gasteiger charge is -2.34. The molecule has 1 aliphatic heterocycles. The molecule has 2 heterocycles. The Bertz CT molecular complexity index is 593. The molecule has 0 aliphatic carbocycles. The van der Waals surface area contributed by atoms with E-state index in [9.17, 15) is 18.0 Å². The number of anilines is 1. The fourth-order valence-corrected chi connectivity index (χ4v) is 2.43. The molecule has 0 spiro atoms. The lowest BCUT2D eigenvalue weighted by atomic mass is 10.2. The summed E-state index contributed by atoms with van der Waals surface area (Å²) in [7, 11) is 0. The van der Waals surface area contributed by atoms with Gasteiger partial charge >= 0.3 is 12.3 Å². The molecule has 146 valence electrons. The second-order valence-corrected chi connectivity index (χ2v) is 7.03. The van der Waals surface area contributed by atoms with E-state index in [4.69, 9.17) is 4.74 Å². The number of nitrogens with zero attached hydrogens (tertiary/aromatic N) is 4. The summed E-state index contributed by atoms with van der Waals surface area (Å²) in [4.78, 5) is 23.2. The van der Waals surface area contributed by atoms with Crippen LogP contribution < -0.4 is 10.2 Å². The van der Waals surface area contributed by atoms with Gasteiger partial charge in [-0.05, 0) is 20.8 Å². The van der Waals surface area contributed by atoms with Gasteiger partial charge in [-0.3, -0.25) is 4.90 Å². The van der Waals surface area contributed by atoms with E-state index >= 15 is 0 Å². The number of amides is 1. The first kappa shape index (κ1) is 20.2. The molecule has 0 radical (unpaired) electrons. The van der Waals surface area contributed by atoms with E-state index in [2.05, 4.69) is 20.2 Å². The van der Waals surface area contributed by atoms with Gasteiger partial charge in [0.2, 0.25) is 5.95 Å².